The molecule has 3 aliphatic rings. The predicted molar refractivity (Wildman–Crippen MR) is 66.8 cm³/mol. The summed E-state index contributed by atoms with van der Waals surface area (Å²) in [6, 6.07) is 0.342. The van der Waals surface area contributed by atoms with Crippen molar-refractivity contribution in [2.24, 2.45) is 17.3 Å². The van der Waals surface area contributed by atoms with Crippen LogP contribution in [0.4, 0.5) is 0 Å². The van der Waals surface area contributed by atoms with E-state index in [9.17, 15) is 5.11 Å². The number of rotatable bonds is 1. The number of hydrogen-bond acceptors (Lipinski definition) is 3. The standard InChI is InChI=1S/C14H25NO2/c1-13(2)10-8-12(14(3,16)9-11(10)13)15-4-6-17-7-5-15/h10-12,16H,4-9H2,1-3H3/t10-,11?,12?,14-/m1/s1. The fourth-order valence-corrected chi connectivity index (χ4v) is 4.24. The van der Waals surface area contributed by atoms with Gasteiger partial charge in [-0.1, -0.05) is 13.8 Å². The second kappa shape index (κ2) is 3.69. The maximum absolute atomic E-state index is 10.7. The topological polar surface area (TPSA) is 32.7 Å². The molecule has 3 nitrogen and oxygen atoms in total. The van der Waals surface area contributed by atoms with Gasteiger partial charge >= 0.3 is 0 Å². The summed E-state index contributed by atoms with van der Waals surface area (Å²) >= 11 is 0. The van der Waals surface area contributed by atoms with Crippen LogP contribution in [-0.2, 0) is 4.74 Å². The zero-order valence-electron chi connectivity index (χ0n) is 11.3. The first-order chi connectivity index (χ1) is 7.93. The second-order valence-corrected chi connectivity index (χ2v) is 7.00. The smallest absolute Gasteiger partial charge is 0.0777 e. The van der Waals surface area contributed by atoms with E-state index in [-0.39, 0.29) is 0 Å². The molecule has 2 unspecified atom stereocenters. The highest BCUT2D eigenvalue weighted by molar-refractivity contribution is 5.14. The van der Waals surface area contributed by atoms with Crippen molar-refractivity contribution in [2.45, 2.75) is 45.3 Å². The van der Waals surface area contributed by atoms with Crippen LogP contribution < -0.4 is 0 Å². The summed E-state index contributed by atoms with van der Waals surface area (Å²) in [5.41, 5.74) is -0.0443. The van der Waals surface area contributed by atoms with E-state index in [4.69, 9.17) is 4.74 Å². The van der Waals surface area contributed by atoms with Crippen LogP contribution >= 0.6 is 0 Å². The van der Waals surface area contributed by atoms with Gasteiger partial charge < -0.3 is 9.84 Å². The van der Waals surface area contributed by atoms with E-state index in [0.717, 1.165) is 44.6 Å². The van der Waals surface area contributed by atoms with Crippen molar-refractivity contribution in [2.75, 3.05) is 26.3 Å². The summed E-state index contributed by atoms with van der Waals surface area (Å²) in [6.45, 7) is 10.4. The molecule has 1 N–H and O–H groups in total. The first kappa shape index (κ1) is 11.9. The van der Waals surface area contributed by atoms with Crippen LogP contribution in [-0.4, -0.2) is 48.0 Å². The Morgan fingerprint density at radius 3 is 2.41 bits per heavy atom. The zero-order chi connectivity index (χ0) is 12.3. The zero-order valence-corrected chi connectivity index (χ0v) is 11.3. The van der Waals surface area contributed by atoms with Crippen LogP contribution in [0.25, 0.3) is 0 Å². The number of fused-ring (bicyclic) bond motifs is 1. The van der Waals surface area contributed by atoms with Gasteiger partial charge in [-0.2, -0.15) is 0 Å². The monoisotopic (exact) mass is 239 g/mol. The van der Waals surface area contributed by atoms with Crippen molar-refractivity contribution in [3.8, 4) is 0 Å². The van der Waals surface area contributed by atoms with Gasteiger partial charge in [-0.15, -0.1) is 0 Å². The van der Waals surface area contributed by atoms with E-state index in [1.807, 2.05) is 6.92 Å². The Balaban J connectivity index is 1.75. The van der Waals surface area contributed by atoms with Crippen molar-refractivity contribution in [3.63, 3.8) is 0 Å². The normalized spacial score (nSPS) is 49.8. The fraction of sp³-hybridized carbons (Fsp3) is 1.00. The largest absolute Gasteiger partial charge is 0.389 e. The van der Waals surface area contributed by atoms with Crippen LogP contribution in [0.2, 0.25) is 0 Å². The number of hydrogen-bond donors (Lipinski definition) is 1. The minimum Gasteiger partial charge on any atom is -0.389 e. The van der Waals surface area contributed by atoms with Gasteiger partial charge in [-0.25, -0.2) is 0 Å². The first-order valence-corrected chi connectivity index (χ1v) is 6.97. The molecule has 0 aromatic heterocycles. The van der Waals surface area contributed by atoms with Crippen LogP contribution in [0.3, 0.4) is 0 Å². The average molecular weight is 239 g/mol. The van der Waals surface area contributed by atoms with E-state index in [1.165, 1.54) is 6.42 Å². The summed E-state index contributed by atoms with van der Waals surface area (Å²) in [5, 5.41) is 10.7. The second-order valence-electron chi connectivity index (χ2n) is 7.00. The lowest BCUT2D eigenvalue weighted by Gasteiger charge is -2.45. The molecule has 0 bridgehead atoms. The fourth-order valence-electron chi connectivity index (χ4n) is 4.24. The van der Waals surface area contributed by atoms with Crippen molar-refractivity contribution >= 4 is 0 Å². The van der Waals surface area contributed by atoms with E-state index < -0.39 is 5.60 Å². The summed E-state index contributed by atoms with van der Waals surface area (Å²) in [4.78, 5) is 2.45. The Kier molecular flexibility index (Phi) is 2.59. The Morgan fingerprint density at radius 1 is 1.12 bits per heavy atom. The molecule has 17 heavy (non-hydrogen) atoms. The van der Waals surface area contributed by atoms with Crippen molar-refractivity contribution in [1.82, 2.24) is 4.90 Å². The van der Waals surface area contributed by atoms with Gasteiger partial charge in [-0.3, -0.25) is 4.90 Å². The quantitative estimate of drug-likeness (QED) is 0.753. The van der Waals surface area contributed by atoms with Gasteiger partial charge in [0.1, 0.15) is 0 Å². The molecular formula is C14H25NO2. The van der Waals surface area contributed by atoms with Crippen LogP contribution in [0.15, 0.2) is 0 Å². The molecule has 2 saturated carbocycles. The maximum atomic E-state index is 10.7. The minimum atomic E-state index is -0.508. The first-order valence-electron chi connectivity index (χ1n) is 6.97. The highest BCUT2D eigenvalue weighted by Gasteiger charge is 2.64. The van der Waals surface area contributed by atoms with Crippen LogP contribution in [0.1, 0.15) is 33.6 Å². The van der Waals surface area contributed by atoms with Crippen LogP contribution in [0.5, 0.6) is 0 Å². The lowest BCUT2D eigenvalue weighted by Crippen LogP contribution is -2.56. The molecule has 0 radical (unpaired) electrons. The Hall–Kier alpha value is -0.120. The molecule has 0 spiro atoms. The molecule has 0 amide bonds. The van der Waals surface area contributed by atoms with Crippen LogP contribution in [0, 0.1) is 17.3 Å². The van der Waals surface area contributed by atoms with Gasteiger partial charge in [0.15, 0.2) is 0 Å². The number of ether oxygens (including phenoxy) is 1. The number of nitrogens with zero attached hydrogens (tertiary/aromatic N) is 1. The Morgan fingerprint density at radius 2 is 1.76 bits per heavy atom. The minimum absolute atomic E-state index is 0.342. The molecule has 3 fully saturated rings. The van der Waals surface area contributed by atoms with Gasteiger partial charge in [0.2, 0.25) is 0 Å². The third-order valence-corrected chi connectivity index (χ3v) is 5.60. The molecule has 1 saturated heterocycles. The van der Waals surface area contributed by atoms with E-state index in [1.54, 1.807) is 0 Å². The summed E-state index contributed by atoms with van der Waals surface area (Å²) in [5.74, 6) is 1.57. The third-order valence-electron chi connectivity index (χ3n) is 5.60. The lowest BCUT2D eigenvalue weighted by molar-refractivity contribution is -0.0890. The molecule has 1 heterocycles. The van der Waals surface area contributed by atoms with Crippen molar-refractivity contribution in [1.29, 1.82) is 0 Å². The molecule has 4 atom stereocenters. The third kappa shape index (κ3) is 1.83. The highest BCUT2D eigenvalue weighted by Crippen LogP contribution is 2.66. The molecule has 1 aliphatic heterocycles. The van der Waals surface area contributed by atoms with Crippen molar-refractivity contribution < 1.29 is 9.84 Å². The molecule has 0 aromatic carbocycles. The highest BCUT2D eigenvalue weighted by atomic mass is 16.5. The van der Waals surface area contributed by atoms with E-state index in [2.05, 4.69) is 18.7 Å². The van der Waals surface area contributed by atoms with E-state index >= 15 is 0 Å². The molecular weight excluding hydrogens is 214 g/mol. The average Bonchev–Trinajstić information content (AvgIpc) is 2.78. The molecule has 98 valence electrons. The summed E-state index contributed by atoms with van der Waals surface area (Å²) in [6.07, 6.45) is 2.15. The van der Waals surface area contributed by atoms with Crippen molar-refractivity contribution in [3.05, 3.63) is 0 Å². The summed E-state index contributed by atoms with van der Waals surface area (Å²) < 4.78 is 5.41. The number of morpholine rings is 1. The molecule has 2 aliphatic carbocycles. The molecule has 3 rings (SSSR count). The predicted octanol–water partition coefficient (Wildman–Crippen LogP) is 1.50. The van der Waals surface area contributed by atoms with Gasteiger partial charge in [-0.05, 0) is 37.0 Å². The van der Waals surface area contributed by atoms with Gasteiger partial charge in [0.05, 0.1) is 18.8 Å². The van der Waals surface area contributed by atoms with Gasteiger partial charge in [0, 0.05) is 19.1 Å². The maximum Gasteiger partial charge on any atom is 0.0777 e. The number of aliphatic hydroxyl groups is 1. The Bertz CT molecular complexity index is 307. The molecule has 3 heteroatoms. The SMILES string of the molecule is CC1(C)C2C[C@@](C)(O)C(N3CCOCC3)C[C@H]21. The lowest BCUT2D eigenvalue weighted by atomic mass is 9.80. The molecule has 0 aromatic rings. The van der Waals surface area contributed by atoms with E-state index in [0.29, 0.717) is 11.5 Å². The van der Waals surface area contributed by atoms with Gasteiger partial charge in [0.25, 0.3) is 0 Å². The summed E-state index contributed by atoms with van der Waals surface area (Å²) in [7, 11) is 0. The Labute approximate surface area is 104 Å².